The number of aromatic nitrogens is 2. The molecule has 0 unspecified atom stereocenters. The zero-order valence-electron chi connectivity index (χ0n) is 18.1. The summed E-state index contributed by atoms with van der Waals surface area (Å²) in [7, 11) is 0. The predicted molar refractivity (Wildman–Crippen MR) is 122 cm³/mol. The van der Waals surface area contributed by atoms with Crippen LogP contribution in [0.1, 0.15) is 44.5 Å². The van der Waals surface area contributed by atoms with E-state index in [9.17, 15) is 4.79 Å². The maximum atomic E-state index is 12.7. The Labute approximate surface area is 179 Å². The van der Waals surface area contributed by atoms with Gasteiger partial charge in [-0.1, -0.05) is 37.6 Å². The number of nitrogens with zero attached hydrogens (tertiary/aromatic N) is 3. The second kappa shape index (κ2) is 9.43. The number of hydrogen-bond donors (Lipinski definition) is 1. The third kappa shape index (κ3) is 4.57. The lowest BCUT2D eigenvalue weighted by Crippen LogP contribution is -2.38. The SMILES string of the molecule is CCCc1ccc(NC(=O)C2CCN(Cc3nc4ccccc4n3CC)CC2)cc1. The highest BCUT2D eigenvalue weighted by Crippen LogP contribution is 2.23. The van der Waals surface area contributed by atoms with Crippen molar-refractivity contribution in [1.29, 1.82) is 0 Å². The Hall–Kier alpha value is -2.66. The van der Waals surface area contributed by atoms with Gasteiger partial charge in [-0.05, 0) is 69.1 Å². The Bertz CT molecular complexity index is 984. The highest BCUT2D eigenvalue weighted by molar-refractivity contribution is 5.92. The summed E-state index contributed by atoms with van der Waals surface area (Å²) in [6.07, 6.45) is 4.01. The molecule has 0 bridgehead atoms. The number of amides is 1. The van der Waals surface area contributed by atoms with Crippen molar-refractivity contribution in [3.05, 3.63) is 59.9 Å². The first-order valence-electron chi connectivity index (χ1n) is 11.2. The molecule has 5 heteroatoms. The maximum Gasteiger partial charge on any atom is 0.227 e. The monoisotopic (exact) mass is 404 g/mol. The molecule has 5 nitrogen and oxygen atoms in total. The summed E-state index contributed by atoms with van der Waals surface area (Å²) < 4.78 is 2.30. The summed E-state index contributed by atoms with van der Waals surface area (Å²) in [5.74, 6) is 1.36. The van der Waals surface area contributed by atoms with Crippen molar-refractivity contribution in [2.75, 3.05) is 18.4 Å². The van der Waals surface area contributed by atoms with Gasteiger partial charge in [-0.15, -0.1) is 0 Å². The minimum Gasteiger partial charge on any atom is -0.327 e. The second-order valence-electron chi connectivity index (χ2n) is 8.25. The van der Waals surface area contributed by atoms with Crippen LogP contribution in [0.4, 0.5) is 5.69 Å². The summed E-state index contributed by atoms with van der Waals surface area (Å²) in [6, 6.07) is 16.6. The number of aryl methyl sites for hydroxylation is 2. The van der Waals surface area contributed by atoms with Crippen molar-refractivity contribution in [3.8, 4) is 0 Å². The van der Waals surface area contributed by atoms with Gasteiger partial charge in [-0.3, -0.25) is 9.69 Å². The fourth-order valence-corrected chi connectivity index (χ4v) is 4.44. The lowest BCUT2D eigenvalue weighted by molar-refractivity contribution is -0.121. The van der Waals surface area contributed by atoms with Crippen LogP contribution >= 0.6 is 0 Å². The Morgan fingerprint density at radius 1 is 1.07 bits per heavy atom. The predicted octanol–water partition coefficient (Wildman–Crippen LogP) is 4.86. The minimum atomic E-state index is 0.0848. The summed E-state index contributed by atoms with van der Waals surface area (Å²) in [6.45, 7) is 7.98. The number of benzene rings is 2. The summed E-state index contributed by atoms with van der Waals surface area (Å²) >= 11 is 0. The van der Waals surface area contributed by atoms with Gasteiger partial charge in [0.05, 0.1) is 17.6 Å². The zero-order chi connectivity index (χ0) is 20.9. The molecular weight excluding hydrogens is 372 g/mol. The van der Waals surface area contributed by atoms with Crippen LogP contribution in [0.3, 0.4) is 0 Å². The molecule has 1 aliphatic heterocycles. The first-order chi connectivity index (χ1) is 14.7. The van der Waals surface area contributed by atoms with Crippen molar-refractivity contribution in [2.45, 2.75) is 52.6 Å². The number of para-hydroxylation sites is 2. The van der Waals surface area contributed by atoms with Crippen molar-refractivity contribution >= 4 is 22.6 Å². The maximum absolute atomic E-state index is 12.7. The minimum absolute atomic E-state index is 0.0848. The van der Waals surface area contributed by atoms with E-state index in [1.165, 1.54) is 11.1 Å². The van der Waals surface area contributed by atoms with Gasteiger partial charge < -0.3 is 9.88 Å². The number of anilines is 1. The molecule has 3 aromatic rings. The van der Waals surface area contributed by atoms with Crippen molar-refractivity contribution < 1.29 is 4.79 Å². The molecule has 1 N–H and O–H groups in total. The Morgan fingerprint density at radius 2 is 1.80 bits per heavy atom. The average molecular weight is 405 g/mol. The lowest BCUT2D eigenvalue weighted by atomic mass is 9.95. The van der Waals surface area contributed by atoms with Crippen LogP contribution in [0.15, 0.2) is 48.5 Å². The third-order valence-corrected chi connectivity index (χ3v) is 6.13. The number of hydrogen-bond acceptors (Lipinski definition) is 3. The number of carbonyl (C=O) groups is 1. The van der Waals surface area contributed by atoms with E-state index in [-0.39, 0.29) is 11.8 Å². The van der Waals surface area contributed by atoms with Crippen molar-refractivity contribution in [3.63, 3.8) is 0 Å². The molecule has 2 heterocycles. The number of fused-ring (bicyclic) bond motifs is 1. The molecular formula is C25H32N4O. The van der Waals surface area contributed by atoms with Crippen molar-refractivity contribution in [2.24, 2.45) is 5.92 Å². The highest BCUT2D eigenvalue weighted by Gasteiger charge is 2.26. The van der Waals surface area contributed by atoms with E-state index in [4.69, 9.17) is 4.98 Å². The number of piperidine rings is 1. The Kier molecular flexibility index (Phi) is 6.48. The number of likely N-dealkylation sites (tertiary alicyclic amines) is 1. The van der Waals surface area contributed by atoms with Crippen LogP contribution < -0.4 is 5.32 Å². The number of rotatable bonds is 7. The first-order valence-corrected chi connectivity index (χ1v) is 11.2. The molecule has 158 valence electrons. The lowest BCUT2D eigenvalue weighted by Gasteiger charge is -2.31. The van der Waals surface area contributed by atoms with Crippen LogP contribution in [0.5, 0.6) is 0 Å². The third-order valence-electron chi connectivity index (χ3n) is 6.13. The molecule has 0 aliphatic carbocycles. The van der Waals surface area contributed by atoms with E-state index >= 15 is 0 Å². The normalized spacial score (nSPS) is 15.5. The molecule has 1 aliphatic rings. The van der Waals surface area contributed by atoms with E-state index < -0.39 is 0 Å². The van der Waals surface area contributed by atoms with E-state index in [0.717, 1.165) is 68.9 Å². The fraction of sp³-hybridized carbons (Fsp3) is 0.440. The summed E-state index contributed by atoms with van der Waals surface area (Å²) in [5.41, 5.74) is 4.49. The summed E-state index contributed by atoms with van der Waals surface area (Å²) in [5, 5.41) is 3.11. The first kappa shape index (κ1) is 20.6. The zero-order valence-corrected chi connectivity index (χ0v) is 18.1. The number of imidazole rings is 1. The molecule has 0 radical (unpaired) electrons. The molecule has 1 saturated heterocycles. The molecule has 1 aromatic heterocycles. The quantitative estimate of drug-likeness (QED) is 0.612. The number of carbonyl (C=O) groups excluding carboxylic acids is 1. The molecule has 2 aromatic carbocycles. The molecule has 1 fully saturated rings. The van der Waals surface area contributed by atoms with Gasteiger partial charge in [0, 0.05) is 18.2 Å². The average Bonchev–Trinajstić information content (AvgIpc) is 3.12. The van der Waals surface area contributed by atoms with E-state index in [1.54, 1.807) is 0 Å². The molecule has 0 spiro atoms. The van der Waals surface area contributed by atoms with Gasteiger partial charge in [0.15, 0.2) is 0 Å². The van der Waals surface area contributed by atoms with Crippen molar-refractivity contribution in [1.82, 2.24) is 14.5 Å². The highest BCUT2D eigenvalue weighted by atomic mass is 16.1. The molecule has 0 atom stereocenters. The van der Waals surface area contributed by atoms with Crippen LogP contribution in [-0.2, 0) is 24.3 Å². The standard InChI is InChI=1S/C25H32N4O/c1-3-7-19-10-12-21(13-11-19)26-25(30)20-14-16-28(17-15-20)18-24-27-22-8-5-6-9-23(22)29(24)4-2/h5-6,8-13,20H,3-4,7,14-18H2,1-2H3,(H,26,30). The van der Waals surface area contributed by atoms with E-state index in [2.05, 4.69) is 59.0 Å². The largest absolute Gasteiger partial charge is 0.327 e. The van der Waals surface area contributed by atoms with E-state index in [1.807, 2.05) is 18.2 Å². The van der Waals surface area contributed by atoms with Gasteiger partial charge in [-0.2, -0.15) is 0 Å². The topological polar surface area (TPSA) is 50.2 Å². The van der Waals surface area contributed by atoms with Crippen LogP contribution in [0.2, 0.25) is 0 Å². The smallest absolute Gasteiger partial charge is 0.227 e. The second-order valence-corrected chi connectivity index (χ2v) is 8.25. The molecule has 4 rings (SSSR count). The number of nitrogens with one attached hydrogen (secondary N) is 1. The van der Waals surface area contributed by atoms with Gasteiger partial charge in [0.1, 0.15) is 5.82 Å². The summed E-state index contributed by atoms with van der Waals surface area (Å²) in [4.78, 5) is 20.0. The molecule has 30 heavy (non-hydrogen) atoms. The van der Waals surface area contributed by atoms with Crippen LogP contribution in [-0.4, -0.2) is 33.4 Å². The molecule has 0 saturated carbocycles. The van der Waals surface area contributed by atoms with Crippen LogP contribution in [0, 0.1) is 5.92 Å². The van der Waals surface area contributed by atoms with Gasteiger partial charge in [0.25, 0.3) is 0 Å². The molecule has 1 amide bonds. The van der Waals surface area contributed by atoms with Gasteiger partial charge >= 0.3 is 0 Å². The Balaban J connectivity index is 1.32. The fourth-order valence-electron chi connectivity index (χ4n) is 4.44. The van der Waals surface area contributed by atoms with Gasteiger partial charge in [0.2, 0.25) is 5.91 Å². The Morgan fingerprint density at radius 3 is 2.50 bits per heavy atom. The van der Waals surface area contributed by atoms with Gasteiger partial charge in [-0.25, -0.2) is 4.98 Å². The van der Waals surface area contributed by atoms with E-state index in [0.29, 0.717) is 0 Å². The van der Waals surface area contributed by atoms with Crippen LogP contribution in [0.25, 0.3) is 11.0 Å².